The lowest BCUT2D eigenvalue weighted by molar-refractivity contribution is 0.0873. The van der Waals surface area contributed by atoms with Gasteiger partial charge in [-0.3, -0.25) is 4.18 Å². The highest BCUT2D eigenvalue weighted by atomic mass is 32.2. The van der Waals surface area contributed by atoms with Gasteiger partial charge in [-0.25, -0.2) is 4.21 Å². The molecule has 0 aromatic carbocycles. The molecule has 0 aromatic heterocycles. The molecule has 3 heteroatoms. The van der Waals surface area contributed by atoms with Gasteiger partial charge in [-0.1, -0.05) is 25.0 Å². The van der Waals surface area contributed by atoms with Crippen LogP contribution in [0, 0.1) is 0 Å². The minimum atomic E-state index is -1.10. The molecule has 1 aliphatic carbocycles. The van der Waals surface area contributed by atoms with E-state index in [9.17, 15) is 4.21 Å². The van der Waals surface area contributed by atoms with Gasteiger partial charge in [0.25, 0.3) is 0 Å². The normalized spacial score (nSPS) is 34.3. The topological polar surface area (TPSA) is 26.3 Å². The van der Waals surface area contributed by atoms with Crippen LogP contribution in [0.1, 0.15) is 32.1 Å². The van der Waals surface area contributed by atoms with Crippen LogP contribution in [0.5, 0.6) is 0 Å². The van der Waals surface area contributed by atoms with Crippen LogP contribution in [0.4, 0.5) is 0 Å². The van der Waals surface area contributed by atoms with Crippen molar-refractivity contribution in [1.29, 1.82) is 0 Å². The summed E-state index contributed by atoms with van der Waals surface area (Å²) >= 11 is -1.10. The zero-order valence-electron chi connectivity index (χ0n) is 7.17. The SMILES string of the molecule is C=C1CS(=O)OC2(CCCC2)C1. The molecule has 0 radical (unpaired) electrons. The minimum Gasteiger partial charge on any atom is -0.283 e. The third-order valence-corrected chi connectivity index (χ3v) is 3.86. The van der Waals surface area contributed by atoms with E-state index in [4.69, 9.17) is 4.18 Å². The van der Waals surface area contributed by atoms with Crippen molar-refractivity contribution in [2.24, 2.45) is 0 Å². The Balaban J connectivity index is 2.14. The maximum Gasteiger partial charge on any atom is 0.160 e. The first-order valence-corrected chi connectivity index (χ1v) is 5.69. The molecule has 2 nitrogen and oxygen atoms in total. The van der Waals surface area contributed by atoms with Gasteiger partial charge in [0, 0.05) is 0 Å². The van der Waals surface area contributed by atoms with Gasteiger partial charge in [-0.15, -0.1) is 0 Å². The summed E-state index contributed by atoms with van der Waals surface area (Å²) < 4.78 is 16.8. The van der Waals surface area contributed by atoms with Crippen LogP contribution in [0.2, 0.25) is 0 Å². The van der Waals surface area contributed by atoms with Crippen LogP contribution in [0.15, 0.2) is 12.2 Å². The Labute approximate surface area is 75.7 Å². The van der Waals surface area contributed by atoms with E-state index >= 15 is 0 Å². The predicted molar refractivity (Wildman–Crippen MR) is 49.1 cm³/mol. The monoisotopic (exact) mass is 186 g/mol. The Morgan fingerprint density at radius 2 is 2.08 bits per heavy atom. The predicted octanol–water partition coefficient (Wildman–Crippen LogP) is 1.94. The molecule has 0 aromatic rings. The first-order valence-electron chi connectivity index (χ1n) is 4.45. The van der Waals surface area contributed by atoms with E-state index in [2.05, 4.69) is 6.58 Å². The maximum atomic E-state index is 11.3. The molecule has 1 aliphatic heterocycles. The molecule has 0 bridgehead atoms. The van der Waals surface area contributed by atoms with Crippen molar-refractivity contribution in [3.05, 3.63) is 12.2 Å². The van der Waals surface area contributed by atoms with E-state index in [0.29, 0.717) is 5.75 Å². The largest absolute Gasteiger partial charge is 0.283 e. The standard InChI is InChI=1S/C9H14O2S/c1-8-6-9(4-2-3-5-9)11-12(10)7-8/h1-7H2. The average Bonchev–Trinajstić information content (AvgIpc) is 2.33. The van der Waals surface area contributed by atoms with Gasteiger partial charge in [0.2, 0.25) is 0 Å². The van der Waals surface area contributed by atoms with Crippen molar-refractivity contribution in [2.45, 2.75) is 37.7 Å². The molecule has 1 spiro atoms. The van der Waals surface area contributed by atoms with Gasteiger partial charge in [0.1, 0.15) is 0 Å². The van der Waals surface area contributed by atoms with Crippen molar-refractivity contribution in [3.63, 3.8) is 0 Å². The fourth-order valence-electron chi connectivity index (χ4n) is 2.21. The van der Waals surface area contributed by atoms with Crippen molar-refractivity contribution in [3.8, 4) is 0 Å². The van der Waals surface area contributed by atoms with Gasteiger partial charge >= 0.3 is 0 Å². The van der Waals surface area contributed by atoms with Gasteiger partial charge in [0.05, 0.1) is 11.4 Å². The second-order valence-electron chi connectivity index (χ2n) is 3.85. The molecule has 2 rings (SSSR count). The summed E-state index contributed by atoms with van der Waals surface area (Å²) in [5, 5.41) is 0. The van der Waals surface area contributed by atoms with Crippen LogP contribution < -0.4 is 0 Å². The molecule has 2 fully saturated rings. The van der Waals surface area contributed by atoms with Crippen LogP contribution in [-0.4, -0.2) is 15.6 Å². The molecule has 0 amide bonds. The van der Waals surface area contributed by atoms with Crippen molar-refractivity contribution in [2.75, 3.05) is 5.75 Å². The van der Waals surface area contributed by atoms with Crippen molar-refractivity contribution >= 4 is 11.1 Å². The summed E-state index contributed by atoms with van der Waals surface area (Å²) in [4.78, 5) is 0. The van der Waals surface area contributed by atoms with E-state index in [1.807, 2.05) is 0 Å². The highest BCUT2D eigenvalue weighted by molar-refractivity contribution is 7.80. The molecule has 1 atom stereocenters. The van der Waals surface area contributed by atoms with E-state index < -0.39 is 11.1 Å². The van der Waals surface area contributed by atoms with Crippen LogP contribution in [-0.2, 0) is 15.3 Å². The summed E-state index contributed by atoms with van der Waals surface area (Å²) in [6.45, 7) is 3.91. The molecule has 0 N–H and O–H groups in total. The third kappa shape index (κ3) is 1.48. The quantitative estimate of drug-likeness (QED) is 0.540. The Bertz CT molecular complexity index is 211. The minimum absolute atomic E-state index is 0.0831. The lowest BCUT2D eigenvalue weighted by atomic mass is 9.94. The van der Waals surface area contributed by atoms with E-state index in [0.717, 1.165) is 24.8 Å². The highest BCUT2D eigenvalue weighted by Crippen LogP contribution is 2.41. The zero-order chi connectivity index (χ0) is 8.60. The van der Waals surface area contributed by atoms with Crippen molar-refractivity contribution in [1.82, 2.24) is 0 Å². The molecule has 68 valence electrons. The average molecular weight is 186 g/mol. The first-order chi connectivity index (χ1) is 5.70. The number of hydrogen-bond donors (Lipinski definition) is 0. The molecule has 1 unspecified atom stereocenters. The lowest BCUT2D eigenvalue weighted by Crippen LogP contribution is -2.36. The molecule has 1 heterocycles. The second kappa shape index (κ2) is 2.96. The van der Waals surface area contributed by atoms with E-state index in [1.54, 1.807) is 0 Å². The molecular formula is C9H14O2S. The Kier molecular flexibility index (Phi) is 2.09. The van der Waals surface area contributed by atoms with Gasteiger partial charge in [-0.05, 0) is 19.3 Å². The van der Waals surface area contributed by atoms with Crippen LogP contribution >= 0.6 is 0 Å². The molecule has 12 heavy (non-hydrogen) atoms. The Morgan fingerprint density at radius 3 is 2.67 bits per heavy atom. The highest BCUT2D eigenvalue weighted by Gasteiger charge is 2.40. The fourth-order valence-corrected chi connectivity index (χ4v) is 3.32. The zero-order valence-corrected chi connectivity index (χ0v) is 7.99. The summed E-state index contributed by atoms with van der Waals surface area (Å²) in [5.74, 6) is 0.543. The summed E-state index contributed by atoms with van der Waals surface area (Å²) in [7, 11) is 0. The smallest absolute Gasteiger partial charge is 0.160 e. The summed E-state index contributed by atoms with van der Waals surface area (Å²) in [6, 6.07) is 0. The molecular weight excluding hydrogens is 172 g/mol. The lowest BCUT2D eigenvalue weighted by Gasteiger charge is -2.33. The maximum absolute atomic E-state index is 11.3. The Hall–Kier alpha value is -0.150. The summed E-state index contributed by atoms with van der Waals surface area (Å²) in [5.41, 5.74) is 1.02. The van der Waals surface area contributed by atoms with Crippen LogP contribution in [0.3, 0.4) is 0 Å². The second-order valence-corrected chi connectivity index (χ2v) is 4.91. The van der Waals surface area contributed by atoms with Gasteiger partial charge in [-0.2, -0.15) is 0 Å². The Morgan fingerprint density at radius 1 is 1.42 bits per heavy atom. The van der Waals surface area contributed by atoms with Gasteiger partial charge in [0.15, 0.2) is 11.1 Å². The van der Waals surface area contributed by atoms with Gasteiger partial charge < -0.3 is 0 Å². The molecule has 2 aliphatic rings. The number of rotatable bonds is 0. The van der Waals surface area contributed by atoms with Crippen LogP contribution in [0.25, 0.3) is 0 Å². The first kappa shape index (κ1) is 8.45. The number of hydrogen-bond acceptors (Lipinski definition) is 2. The molecule has 1 saturated heterocycles. The van der Waals surface area contributed by atoms with E-state index in [1.165, 1.54) is 12.8 Å². The fraction of sp³-hybridized carbons (Fsp3) is 0.778. The third-order valence-electron chi connectivity index (χ3n) is 2.68. The molecule has 1 saturated carbocycles. The van der Waals surface area contributed by atoms with Crippen molar-refractivity contribution < 1.29 is 8.39 Å². The van der Waals surface area contributed by atoms with E-state index in [-0.39, 0.29) is 5.60 Å². The summed E-state index contributed by atoms with van der Waals surface area (Å²) in [6.07, 6.45) is 5.49.